The number of unbranched alkanes of at least 4 members (excludes halogenated alkanes) is 1. The Morgan fingerprint density at radius 3 is 2.26 bits per heavy atom. The fraction of sp³-hybridized carbons (Fsp3) is 0.786. The van der Waals surface area contributed by atoms with Crippen molar-refractivity contribution in [3.8, 4) is 0 Å². The number of rotatable bonds is 6. The zero-order valence-corrected chi connectivity index (χ0v) is 12.2. The van der Waals surface area contributed by atoms with Crippen LogP contribution in [0.1, 0.15) is 47.0 Å². The average Bonchev–Trinajstić information content (AvgIpc) is 2.26. The molecule has 19 heavy (non-hydrogen) atoms. The fourth-order valence-corrected chi connectivity index (χ4v) is 2.25. The van der Waals surface area contributed by atoms with Crippen LogP contribution in [0.2, 0.25) is 0 Å². The second kappa shape index (κ2) is 6.68. The number of barbiturate groups is 1. The van der Waals surface area contributed by atoms with E-state index in [4.69, 9.17) is 0 Å². The van der Waals surface area contributed by atoms with Gasteiger partial charge in [0, 0.05) is 6.54 Å². The molecule has 1 aliphatic rings. The summed E-state index contributed by atoms with van der Waals surface area (Å²) < 4.78 is 0. The number of hydrogen-bond donors (Lipinski definition) is 1. The first-order chi connectivity index (χ1) is 8.84. The molecule has 1 saturated heterocycles. The van der Waals surface area contributed by atoms with Crippen molar-refractivity contribution in [3.05, 3.63) is 0 Å². The maximum atomic E-state index is 12.2. The first-order valence-corrected chi connectivity index (χ1v) is 7.00. The van der Waals surface area contributed by atoms with Crippen molar-refractivity contribution in [1.29, 1.82) is 0 Å². The summed E-state index contributed by atoms with van der Waals surface area (Å²) in [6.07, 6.45) is 2.85. The van der Waals surface area contributed by atoms with Crippen LogP contribution < -0.4 is 5.32 Å². The highest BCUT2D eigenvalue weighted by molar-refractivity contribution is 6.16. The molecule has 0 aromatic heterocycles. The Balaban J connectivity index is 2.58. The van der Waals surface area contributed by atoms with E-state index >= 15 is 0 Å². The molecule has 1 rings (SSSR count). The Bertz CT molecular complexity index is 364. The molecule has 108 valence electrons. The third-order valence-corrected chi connectivity index (χ3v) is 3.37. The standard InChI is InChI=1S/C14H24N2O3/c1-9(2)7-5-6-8-16-13(18)11(10(3)4)12(17)15-14(16)19/h9-11H,5-8H2,1-4H3,(H,15,17,19). The molecule has 1 N–H and O–H groups in total. The van der Waals surface area contributed by atoms with E-state index in [2.05, 4.69) is 19.2 Å². The number of nitrogens with one attached hydrogen (secondary N) is 1. The monoisotopic (exact) mass is 268 g/mol. The van der Waals surface area contributed by atoms with E-state index in [1.165, 1.54) is 4.90 Å². The van der Waals surface area contributed by atoms with E-state index in [-0.39, 0.29) is 11.8 Å². The normalized spacial score (nSPS) is 20.4. The van der Waals surface area contributed by atoms with Crippen LogP contribution in [0.3, 0.4) is 0 Å². The molecule has 4 amide bonds. The molecule has 0 aliphatic carbocycles. The highest BCUT2D eigenvalue weighted by atomic mass is 16.2. The lowest BCUT2D eigenvalue weighted by molar-refractivity contribution is -0.144. The predicted octanol–water partition coefficient (Wildman–Crippen LogP) is 2.16. The Morgan fingerprint density at radius 1 is 1.11 bits per heavy atom. The van der Waals surface area contributed by atoms with Gasteiger partial charge < -0.3 is 0 Å². The minimum atomic E-state index is -0.734. The highest BCUT2D eigenvalue weighted by Crippen LogP contribution is 2.19. The van der Waals surface area contributed by atoms with Gasteiger partial charge in [-0.3, -0.25) is 19.8 Å². The number of hydrogen-bond acceptors (Lipinski definition) is 3. The molecular weight excluding hydrogens is 244 g/mol. The van der Waals surface area contributed by atoms with Crippen molar-refractivity contribution < 1.29 is 14.4 Å². The number of carbonyl (C=O) groups is 3. The highest BCUT2D eigenvalue weighted by Gasteiger charge is 2.41. The van der Waals surface area contributed by atoms with Crippen molar-refractivity contribution in [2.75, 3.05) is 6.54 Å². The van der Waals surface area contributed by atoms with Crippen molar-refractivity contribution >= 4 is 17.8 Å². The zero-order valence-electron chi connectivity index (χ0n) is 12.2. The number of nitrogens with zero attached hydrogens (tertiary/aromatic N) is 1. The Kier molecular flexibility index (Phi) is 5.51. The molecule has 5 nitrogen and oxygen atoms in total. The average molecular weight is 268 g/mol. The molecule has 1 fully saturated rings. The molecule has 1 heterocycles. The largest absolute Gasteiger partial charge is 0.330 e. The SMILES string of the molecule is CC(C)CCCCN1C(=O)NC(=O)C(C(C)C)C1=O. The first-order valence-electron chi connectivity index (χ1n) is 7.00. The summed E-state index contributed by atoms with van der Waals surface area (Å²) in [4.78, 5) is 36.7. The minimum Gasteiger partial charge on any atom is -0.277 e. The lowest BCUT2D eigenvalue weighted by atomic mass is 9.92. The van der Waals surface area contributed by atoms with Crippen LogP contribution in [-0.4, -0.2) is 29.3 Å². The molecule has 0 saturated carbocycles. The molecule has 1 unspecified atom stereocenters. The first kappa shape index (κ1) is 15.7. The summed E-state index contributed by atoms with van der Waals surface area (Å²) >= 11 is 0. The van der Waals surface area contributed by atoms with E-state index < -0.39 is 17.9 Å². The fourth-order valence-electron chi connectivity index (χ4n) is 2.25. The van der Waals surface area contributed by atoms with Gasteiger partial charge in [0.1, 0.15) is 5.92 Å². The summed E-state index contributed by atoms with van der Waals surface area (Å²) in [5.74, 6) is -1.03. The molecule has 0 bridgehead atoms. The lowest BCUT2D eigenvalue weighted by Gasteiger charge is -2.31. The summed E-state index contributed by atoms with van der Waals surface area (Å²) in [5, 5.41) is 2.27. The predicted molar refractivity (Wildman–Crippen MR) is 72.3 cm³/mol. The third-order valence-electron chi connectivity index (χ3n) is 3.37. The summed E-state index contributed by atoms with van der Waals surface area (Å²) in [6.45, 7) is 8.32. The topological polar surface area (TPSA) is 66.5 Å². The summed E-state index contributed by atoms with van der Waals surface area (Å²) in [6, 6.07) is -0.573. The van der Waals surface area contributed by atoms with E-state index in [0.29, 0.717) is 12.5 Å². The number of urea groups is 1. The third kappa shape index (κ3) is 4.04. The molecule has 1 aliphatic heterocycles. The van der Waals surface area contributed by atoms with E-state index in [9.17, 15) is 14.4 Å². The van der Waals surface area contributed by atoms with Gasteiger partial charge in [0.05, 0.1) is 0 Å². The maximum absolute atomic E-state index is 12.2. The molecule has 1 atom stereocenters. The van der Waals surface area contributed by atoms with Gasteiger partial charge in [-0.15, -0.1) is 0 Å². The molecule has 5 heteroatoms. The lowest BCUT2D eigenvalue weighted by Crippen LogP contribution is -2.59. The zero-order chi connectivity index (χ0) is 14.6. The summed E-state index contributed by atoms with van der Waals surface area (Å²) in [5.41, 5.74) is 0. The maximum Gasteiger partial charge on any atom is 0.330 e. The number of carbonyl (C=O) groups excluding carboxylic acids is 3. The Labute approximate surface area is 114 Å². The molecule has 0 aromatic rings. The minimum absolute atomic E-state index is 0.0984. The van der Waals surface area contributed by atoms with Gasteiger partial charge in [0.2, 0.25) is 11.8 Å². The molecule has 0 radical (unpaired) electrons. The quantitative estimate of drug-likeness (QED) is 0.593. The van der Waals surface area contributed by atoms with E-state index in [1.54, 1.807) is 0 Å². The van der Waals surface area contributed by atoms with Crippen molar-refractivity contribution in [2.24, 2.45) is 17.8 Å². The van der Waals surface area contributed by atoms with Crippen LogP contribution in [0.5, 0.6) is 0 Å². The van der Waals surface area contributed by atoms with Gasteiger partial charge in [-0.25, -0.2) is 4.79 Å². The van der Waals surface area contributed by atoms with Crippen LogP contribution in [-0.2, 0) is 9.59 Å². The summed E-state index contributed by atoms with van der Waals surface area (Å²) in [7, 11) is 0. The number of imide groups is 2. The van der Waals surface area contributed by atoms with Crippen molar-refractivity contribution in [3.63, 3.8) is 0 Å². The van der Waals surface area contributed by atoms with Crippen LogP contribution in [0.25, 0.3) is 0 Å². The van der Waals surface area contributed by atoms with Crippen LogP contribution in [0.4, 0.5) is 4.79 Å². The van der Waals surface area contributed by atoms with Crippen LogP contribution in [0, 0.1) is 17.8 Å². The van der Waals surface area contributed by atoms with Crippen molar-refractivity contribution in [1.82, 2.24) is 10.2 Å². The second-order valence-corrected chi connectivity index (χ2v) is 5.90. The molecular formula is C14H24N2O3. The van der Waals surface area contributed by atoms with Gasteiger partial charge in [0.15, 0.2) is 0 Å². The van der Waals surface area contributed by atoms with Gasteiger partial charge in [-0.2, -0.15) is 0 Å². The van der Waals surface area contributed by atoms with Gasteiger partial charge >= 0.3 is 6.03 Å². The van der Waals surface area contributed by atoms with E-state index in [1.807, 2.05) is 13.8 Å². The molecule has 0 aromatic carbocycles. The second-order valence-electron chi connectivity index (χ2n) is 5.90. The smallest absolute Gasteiger partial charge is 0.277 e. The van der Waals surface area contributed by atoms with Crippen LogP contribution >= 0.6 is 0 Å². The van der Waals surface area contributed by atoms with Gasteiger partial charge in [0.25, 0.3) is 0 Å². The van der Waals surface area contributed by atoms with E-state index in [0.717, 1.165) is 19.3 Å². The molecule has 0 spiro atoms. The Hall–Kier alpha value is -1.39. The Morgan fingerprint density at radius 2 is 1.74 bits per heavy atom. The van der Waals surface area contributed by atoms with Crippen LogP contribution in [0.15, 0.2) is 0 Å². The number of amides is 4. The van der Waals surface area contributed by atoms with Crippen molar-refractivity contribution in [2.45, 2.75) is 47.0 Å². The van der Waals surface area contributed by atoms with Gasteiger partial charge in [-0.05, 0) is 18.3 Å². The van der Waals surface area contributed by atoms with Gasteiger partial charge in [-0.1, -0.05) is 40.5 Å².